The molecule has 0 spiro atoms. The summed E-state index contributed by atoms with van der Waals surface area (Å²) >= 11 is 5.35. The van der Waals surface area contributed by atoms with Gasteiger partial charge in [-0.3, -0.25) is 19.8 Å². The van der Waals surface area contributed by atoms with E-state index in [1.165, 1.54) is 4.90 Å². The van der Waals surface area contributed by atoms with E-state index in [2.05, 4.69) is 16.5 Å². The monoisotopic (exact) mass is 485 g/mol. The van der Waals surface area contributed by atoms with Gasteiger partial charge < -0.3 is 9.30 Å². The van der Waals surface area contributed by atoms with E-state index in [0.29, 0.717) is 12.3 Å². The maximum absolute atomic E-state index is 13.5. The van der Waals surface area contributed by atoms with Crippen molar-refractivity contribution in [3.05, 3.63) is 94.8 Å². The summed E-state index contributed by atoms with van der Waals surface area (Å²) in [4.78, 5) is 27.6. The number of carbonyl (C=O) groups is 2. The van der Waals surface area contributed by atoms with Crippen LogP contribution in [0, 0.1) is 27.7 Å². The molecule has 0 atom stereocenters. The van der Waals surface area contributed by atoms with Crippen LogP contribution in [0.3, 0.4) is 0 Å². The SMILES string of the molecule is C=CCOc1ccc(-n2c(C)cc(/C=C3\C(=O)NC(=S)N(c4cc(C)cc(C)c4)C3=O)c2C)cc1. The molecule has 2 heterocycles. The highest BCUT2D eigenvalue weighted by Crippen LogP contribution is 2.27. The van der Waals surface area contributed by atoms with Gasteiger partial charge in [0, 0.05) is 17.1 Å². The maximum Gasteiger partial charge on any atom is 0.270 e. The fourth-order valence-corrected chi connectivity index (χ4v) is 4.59. The van der Waals surface area contributed by atoms with Crippen molar-refractivity contribution in [1.82, 2.24) is 9.88 Å². The van der Waals surface area contributed by atoms with E-state index in [-0.39, 0.29) is 10.7 Å². The van der Waals surface area contributed by atoms with E-state index >= 15 is 0 Å². The van der Waals surface area contributed by atoms with Crippen LogP contribution in [0.1, 0.15) is 28.1 Å². The van der Waals surface area contributed by atoms with Crippen molar-refractivity contribution in [2.75, 3.05) is 11.5 Å². The van der Waals surface area contributed by atoms with Crippen molar-refractivity contribution in [3.63, 3.8) is 0 Å². The van der Waals surface area contributed by atoms with Gasteiger partial charge in [-0.1, -0.05) is 18.7 Å². The minimum absolute atomic E-state index is 0.0335. The highest BCUT2D eigenvalue weighted by atomic mass is 32.1. The summed E-state index contributed by atoms with van der Waals surface area (Å²) < 4.78 is 7.64. The zero-order valence-electron chi connectivity index (χ0n) is 20.2. The Balaban J connectivity index is 1.70. The smallest absolute Gasteiger partial charge is 0.270 e. The van der Waals surface area contributed by atoms with E-state index in [1.807, 2.05) is 76.2 Å². The van der Waals surface area contributed by atoms with Gasteiger partial charge in [0.05, 0.1) is 5.69 Å². The van der Waals surface area contributed by atoms with E-state index in [9.17, 15) is 9.59 Å². The number of hydrogen-bond donors (Lipinski definition) is 1. The highest BCUT2D eigenvalue weighted by Gasteiger charge is 2.35. The number of hydrogen-bond acceptors (Lipinski definition) is 4. The Morgan fingerprint density at radius 3 is 2.26 bits per heavy atom. The quantitative estimate of drug-likeness (QED) is 0.228. The first-order chi connectivity index (χ1) is 16.7. The average molecular weight is 486 g/mol. The lowest BCUT2D eigenvalue weighted by Gasteiger charge is -2.29. The number of benzene rings is 2. The molecule has 1 aliphatic rings. The van der Waals surface area contributed by atoms with E-state index < -0.39 is 11.8 Å². The first kappa shape index (κ1) is 24.2. The molecule has 1 saturated heterocycles. The minimum atomic E-state index is -0.505. The van der Waals surface area contributed by atoms with Gasteiger partial charge in [-0.25, -0.2) is 0 Å². The molecule has 2 aromatic carbocycles. The Morgan fingerprint density at radius 1 is 0.971 bits per heavy atom. The van der Waals surface area contributed by atoms with Gasteiger partial charge in [0.1, 0.15) is 17.9 Å². The largest absolute Gasteiger partial charge is 0.490 e. The second-order valence-electron chi connectivity index (χ2n) is 8.56. The van der Waals surface area contributed by atoms with Crippen molar-refractivity contribution in [2.45, 2.75) is 27.7 Å². The van der Waals surface area contributed by atoms with Crippen molar-refractivity contribution >= 4 is 40.9 Å². The number of nitrogens with one attached hydrogen (secondary N) is 1. The molecular formula is C28H27N3O3S. The number of aromatic nitrogens is 1. The van der Waals surface area contributed by atoms with Crippen LogP contribution < -0.4 is 15.0 Å². The standard InChI is InChI=1S/C28H27N3O3S/c1-6-11-34-24-9-7-22(8-10-24)30-19(4)15-21(20(30)5)16-25-26(32)29-28(35)31(27(25)33)23-13-17(2)12-18(3)14-23/h6-10,12-16H,1,11H2,2-5H3,(H,29,32,35)/b25-16+. The predicted molar refractivity (Wildman–Crippen MR) is 143 cm³/mol. The Morgan fingerprint density at radius 2 is 1.63 bits per heavy atom. The Kier molecular flexibility index (Phi) is 6.71. The fourth-order valence-electron chi connectivity index (χ4n) is 4.30. The second kappa shape index (κ2) is 9.72. The van der Waals surface area contributed by atoms with Crippen LogP contribution in [-0.2, 0) is 9.59 Å². The summed E-state index contributed by atoms with van der Waals surface area (Å²) in [6.07, 6.45) is 3.33. The van der Waals surface area contributed by atoms with E-state index in [1.54, 1.807) is 12.2 Å². The van der Waals surface area contributed by atoms with Crippen LogP contribution in [0.15, 0.2) is 66.8 Å². The molecule has 178 valence electrons. The van der Waals surface area contributed by atoms with Gasteiger partial charge in [-0.15, -0.1) is 0 Å². The lowest BCUT2D eigenvalue weighted by molar-refractivity contribution is -0.122. The zero-order valence-corrected chi connectivity index (χ0v) is 21.0. The first-order valence-electron chi connectivity index (χ1n) is 11.2. The summed E-state index contributed by atoms with van der Waals surface area (Å²) in [5.41, 5.74) is 6.28. The second-order valence-corrected chi connectivity index (χ2v) is 8.95. The number of thiocarbonyl (C=S) groups is 1. The summed E-state index contributed by atoms with van der Waals surface area (Å²) in [6.45, 7) is 12.0. The number of ether oxygens (including phenoxy) is 1. The minimum Gasteiger partial charge on any atom is -0.490 e. The summed E-state index contributed by atoms with van der Waals surface area (Å²) in [6, 6.07) is 15.5. The number of nitrogens with zero attached hydrogens (tertiary/aromatic N) is 2. The molecule has 0 unspecified atom stereocenters. The summed E-state index contributed by atoms with van der Waals surface area (Å²) in [5, 5.41) is 2.74. The van der Waals surface area contributed by atoms with Gasteiger partial charge >= 0.3 is 0 Å². The lowest BCUT2D eigenvalue weighted by Crippen LogP contribution is -2.54. The van der Waals surface area contributed by atoms with Crippen LogP contribution in [0.2, 0.25) is 0 Å². The molecule has 4 rings (SSSR count). The Bertz CT molecular complexity index is 1360. The maximum atomic E-state index is 13.5. The van der Waals surface area contributed by atoms with E-state index in [4.69, 9.17) is 17.0 Å². The third-order valence-corrected chi connectivity index (χ3v) is 6.08. The Labute approximate surface area is 210 Å². The van der Waals surface area contributed by atoms with Gasteiger partial charge in [0.25, 0.3) is 11.8 Å². The van der Waals surface area contributed by atoms with Crippen LogP contribution in [-0.4, -0.2) is 28.1 Å². The van der Waals surface area contributed by atoms with Gasteiger partial charge in [-0.05, 0) is 105 Å². The lowest BCUT2D eigenvalue weighted by atomic mass is 10.1. The molecule has 7 heteroatoms. The topological polar surface area (TPSA) is 63.6 Å². The van der Waals surface area contributed by atoms with Crippen molar-refractivity contribution in [1.29, 1.82) is 0 Å². The molecule has 3 aromatic rings. The van der Waals surface area contributed by atoms with Gasteiger partial charge in [0.15, 0.2) is 5.11 Å². The molecular weight excluding hydrogens is 458 g/mol. The molecule has 1 N–H and O–H groups in total. The summed E-state index contributed by atoms with van der Waals surface area (Å²) in [5.74, 6) is -0.197. The van der Waals surface area contributed by atoms with Gasteiger partial charge in [0.2, 0.25) is 0 Å². The first-order valence-corrected chi connectivity index (χ1v) is 11.6. The molecule has 6 nitrogen and oxygen atoms in total. The van der Waals surface area contributed by atoms with Crippen molar-refractivity contribution in [3.8, 4) is 11.4 Å². The van der Waals surface area contributed by atoms with Crippen molar-refractivity contribution in [2.24, 2.45) is 0 Å². The third-order valence-electron chi connectivity index (χ3n) is 5.80. The molecule has 2 amide bonds. The summed E-state index contributed by atoms with van der Waals surface area (Å²) in [7, 11) is 0. The molecule has 35 heavy (non-hydrogen) atoms. The van der Waals surface area contributed by atoms with E-state index in [0.717, 1.165) is 39.5 Å². The van der Waals surface area contributed by atoms with Crippen LogP contribution in [0.4, 0.5) is 5.69 Å². The number of aryl methyl sites for hydroxylation is 3. The highest BCUT2D eigenvalue weighted by molar-refractivity contribution is 7.80. The number of carbonyl (C=O) groups excluding carboxylic acids is 2. The Hall–Kier alpha value is -3.97. The van der Waals surface area contributed by atoms with Crippen LogP contribution in [0.25, 0.3) is 11.8 Å². The molecule has 1 aromatic heterocycles. The predicted octanol–water partition coefficient (Wildman–Crippen LogP) is 5.11. The molecule has 0 radical (unpaired) electrons. The molecule has 0 saturated carbocycles. The van der Waals surface area contributed by atoms with Crippen LogP contribution >= 0.6 is 12.2 Å². The fraction of sp³-hybridized carbons (Fsp3) is 0.179. The number of anilines is 1. The van der Waals surface area contributed by atoms with Crippen molar-refractivity contribution < 1.29 is 14.3 Å². The van der Waals surface area contributed by atoms with Gasteiger partial charge in [-0.2, -0.15) is 0 Å². The average Bonchev–Trinajstić information content (AvgIpc) is 3.07. The normalized spacial score (nSPS) is 14.9. The third kappa shape index (κ3) is 4.81. The number of rotatable bonds is 6. The number of amides is 2. The zero-order chi connectivity index (χ0) is 25.3. The molecule has 1 fully saturated rings. The van der Waals surface area contributed by atoms with Crippen LogP contribution in [0.5, 0.6) is 5.75 Å². The molecule has 1 aliphatic heterocycles. The molecule has 0 bridgehead atoms. The molecule has 0 aliphatic carbocycles.